The molecule has 0 aliphatic heterocycles. The van der Waals surface area contributed by atoms with Crippen LogP contribution < -0.4 is 10.5 Å². The molecule has 0 bridgehead atoms. The van der Waals surface area contributed by atoms with Crippen molar-refractivity contribution in [2.24, 2.45) is 7.05 Å². The smallest absolute Gasteiger partial charge is 0.271 e. The highest BCUT2D eigenvalue weighted by Gasteiger charge is 2.18. The van der Waals surface area contributed by atoms with Crippen molar-refractivity contribution in [2.75, 3.05) is 10.5 Å². The monoisotopic (exact) mass is 272 g/mol. The molecule has 92 valence electrons. The third-order valence-corrected chi connectivity index (χ3v) is 4.94. The van der Waals surface area contributed by atoms with Crippen LogP contribution >= 0.6 is 11.3 Å². The Bertz CT molecular complexity index is 642. The number of nitrogens with two attached hydrogens (primary N) is 1. The van der Waals surface area contributed by atoms with Crippen LogP contribution in [0.1, 0.15) is 5.69 Å². The Morgan fingerprint density at radius 1 is 1.53 bits per heavy atom. The van der Waals surface area contributed by atoms with Gasteiger partial charge in [-0.3, -0.25) is 9.40 Å². The molecule has 0 saturated heterocycles. The first-order valence-electron chi connectivity index (χ1n) is 4.75. The van der Waals surface area contributed by atoms with Crippen molar-refractivity contribution in [3.63, 3.8) is 0 Å². The molecule has 0 aromatic carbocycles. The van der Waals surface area contributed by atoms with E-state index >= 15 is 0 Å². The Balaban J connectivity index is 2.32. The number of rotatable bonds is 3. The molecule has 17 heavy (non-hydrogen) atoms. The van der Waals surface area contributed by atoms with Gasteiger partial charge in [0.1, 0.15) is 4.21 Å². The maximum absolute atomic E-state index is 12.0. The molecule has 0 amide bonds. The number of aromatic nitrogens is 2. The van der Waals surface area contributed by atoms with E-state index in [1.54, 1.807) is 30.2 Å². The maximum atomic E-state index is 12.0. The predicted octanol–water partition coefficient (Wildman–Crippen LogP) is 1.17. The molecule has 3 N–H and O–H groups in total. The highest BCUT2D eigenvalue weighted by atomic mass is 32.2. The second-order valence-electron chi connectivity index (χ2n) is 3.61. The van der Waals surface area contributed by atoms with Crippen molar-refractivity contribution in [3.05, 3.63) is 23.3 Å². The van der Waals surface area contributed by atoms with Gasteiger partial charge in [0.15, 0.2) is 0 Å². The first kappa shape index (κ1) is 11.9. The van der Waals surface area contributed by atoms with Crippen LogP contribution in [0.2, 0.25) is 0 Å². The topological polar surface area (TPSA) is 90.0 Å². The number of nitrogens with one attached hydrogen (secondary N) is 1. The molecule has 8 heteroatoms. The molecule has 2 heterocycles. The van der Waals surface area contributed by atoms with Crippen molar-refractivity contribution in [3.8, 4) is 0 Å². The van der Waals surface area contributed by atoms with Crippen molar-refractivity contribution in [2.45, 2.75) is 11.1 Å². The highest BCUT2D eigenvalue weighted by Crippen LogP contribution is 2.24. The Morgan fingerprint density at radius 3 is 2.71 bits per heavy atom. The number of hydrogen-bond acceptors (Lipinski definition) is 5. The lowest BCUT2D eigenvalue weighted by molar-refractivity contribution is 0.603. The minimum atomic E-state index is -3.57. The van der Waals surface area contributed by atoms with E-state index in [2.05, 4.69) is 9.82 Å². The summed E-state index contributed by atoms with van der Waals surface area (Å²) in [5, 5.41) is 5.65. The summed E-state index contributed by atoms with van der Waals surface area (Å²) in [6.07, 6.45) is 1.61. The van der Waals surface area contributed by atoms with Crippen LogP contribution in [0.15, 0.2) is 21.9 Å². The average Bonchev–Trinajstić information content (AvgIpc) is 2.74. The van der Waals surface area contributed by atoms with Crippen LogP contribution in [-0.2, 0) is 17.1 Å². The van der Waals surface area contributed by atoms with Gasteiger partial charge in [0.2, 0.25) is 0 Å². The molecule has 0 atom stereocenters. The van der Waals surface area contributed by atoms with E-state index in [-0.39, 0.29) is 4.21 Å². The van der Waals surface area contributed by atoms with Gasteiger partial charge >= 0.3 is 0 Å². The molecule has 0 spiro atoms. The summed E-state index contributed by atoms with van der Waals surface area (Å²) in [7, 11) is -1.84. The van der Waals surface area contributed by atoms with Gasteiger partial charge in [-0.1, -0.05) is 0 Å². The highest BCUT2D eigenvalue weighted by molar-refractivity contribution is 7.94. The molecule has 0 saturated carbocycles. The number of aryl methyl sites for hydroxylation is 2. The lowest BCUT2D eigenvalue weighted by atomic mass is 10.4. The number of sulfonamides is 1. The Kier molecular flexibility index (Phi) is 2.84. The number of nitrogens with zero attached hydrogens (tertiary/aromatic N) is 2. The third-order valence-electron chi connectivity index (χ3n) is 2.12. The SMILES string of the molecule is Cc1nn(C)cc1NS(=O)(=O)c1cc(N)cs1. The zero-order chi connectivity index (χ0) is 12.6. The van der Waals surface area contributed by atoms with Crippen molar-refractivity contribution >= 4 is 32.7 Å². The normalized spacial score (nSPS) is 11.6. The van der Waals surface area contributed by atoms with Crippen molar-refractivity contribution in [1.82, 2.24) is 9.78 Å². The fourth-order valence-corrected chi connectivity index (χ4v) is 3.55. The van der Waals surface area contributed by atoms with Gasteiger partial charge in [-0.05, 0) is 13.0 Å². The number of anilines is 2. The second-order valence-corrected chi connectivity index (χ2v) is 6.43. The molecule has 2 rings (SSSR count). The van der Waals surface area contributed by atoms with E-state index in [1.165, 1.54) is 6.07 Å². The summed E-state index contributed by atoms with van der Waals surface area (Å²) in [4.78, 5) is 0. The van der Waals surface area contributed by atoms with Crippen LogP contribution in [0.4, 0.5) is 11.4 Å². The quantitative estimate of drug-likeness (QED) is 0.877. The summed E-state index contributed by atoms with van der Waals surface area (Å²) < 4.78 is 28.2. The van der Waals surface area contributed by atoms with E-state index < -0.39 is 10.0 Å². The van der Waals surface area contributed by atoms with E-state index in [9.17, 15) is 8.42 Å². The molecular formula is C9H12N4O2S2. The van der Waals surface area contributed by atoms with Gasteiger partial charge in [-0.15, -0.1) is 11.3 Å². The third kappa shape index (κ3) is 2.42. The lowest BCUT2D eigenvalue weighted by Gasteiger charge is -2.03. The molecule has 0 unspecified atom stereocenters. The van der Waals surface area contributed by atoms with Gasteiger partial charge in [-0.2, -0.15) is 5.10 Å². The summed E-state index contributed by atoms with van der Waals surface area (Å²) in [6.45, 7) is 1.74. The van der Waals surface area contributed by atoms with Crippen LogP contribution in [0.5, 0.6) is 0 Å². The van der Waals surface area contributed by atoms with Gasteiger partial charge in [0.05, 0.1) is 11.4 Å². The molecule has 0 fully saturated rings. The molecule has 0 radical (unpaired) electrons. The Hall–Kier alpha value is -1.54. The summed E-state index contributed by atoms with van der Waals surface area (Å²) in [5.74, 6) is 0. The first-order valence-corrected chi connectivity index (χ1v) is 7.12. The summed E-state index contributed by atoms with van der Waals surface area (Å²) in [6, 6.07) is 1.43. The maximum Gasteiger partial charge on any atom is 0.271 e. The zero-order valence-electron chi connectivity index (χ0n) is 9.34. The lowest BCUT2D eigenvalue weighted by Crippen LogP contribution is -2.11. The molecule has 0 aliphatic carbocycles. The van der Waals surface area contributed by atoms with Gasteiger partial charge < -0.3 is 5.73 Å². The first-order chi connectivity index (χ1) is 7.88. The second kappa shape index (κ2) is 4.04. The Labute approximate surface area is 103 Å². The molecule has 6 nitrogen and oxygen atoms in total. The average molecular weight is 272 g/mol. The minimum Gasteiger partial charge on any atom is -0.398 e. The minimum absolute atomic E-state index is 0.193. The van der Waals surface area contributed by atoms with Crippen LogP contribution in [0.3, 0.4) is 0 Å². The van der Waals surface area contributed by atoms with Gasteiger partial charge in [0, 0.05) is 24.3 Å². The van der Waals surface area contributed by atoms with Crippen LogP contribution in [0.25, 0.3) is 0 Å². The van der Waals surface area contributed by atoms with E-state index in [1.807, 2.05) is 0 Å². The zero-order valence-corrected chi connectivity index (χ0v) is 11.0. The van der Waals surface area contributed by atoms with E-state index in [0.29, 0.717) is 17.1 Å². The summed E-state index contributed by atoms with van der Waals surface area (Å²) in [5.41, 5.74) is 7.04. The van der Waals surface area contributed by atoms with Gasteiger partial charge in [-0.25, -0.2) is 8.42 Å². The van der Waals surface area contributed by atoms with E-state index in [4.69, 9.17) is 5.73 Å². The number of nitrogen functional groups attached to an aromatic ring is 1. The molecule has 0 aliphatic rings. The van der Waals surface area contributed by atoms with Gasteiger partial charge in [0.25, 0.3) is 10.0 Å². The number of hydrogen-bond donors (Lipinski definition) is 2. The van der Waals surface area contributed by atoms with E-state index in [0.717, 1.165) is 11.3 Å². The van der Waals surface area contributed by atoms with Crippen molar-refractivity contribution in [1.29, 1.82) is 0 Å². The molecular weight excluding hydrogens is 260 g/mol. The van der Waals surface area contributed by atoms with Crippen LogP contribution in [-0.4, -0.2) is 18.2 Å². The van der Waals surface area contributed by atoms with Crippen molar-refractivity contribution < 1.29 is 8.42 Å². The predicted molar refractivity (Wildman–Crippen MR) is 67.5 cm³/mol. The standard InChI is InChI=1S/C9H12N4O2S2/c1-6-8(4-13(2)11-6)12-17(14,15)9-3-7(10)5-16-9/h3-5,12H,10H2,1-2H3. The largest absolute Gasteiger partial charge is 0.398 e. The summed E-state index contributed by atoms with van der Waals surface area (Å²) >= 11 is 1.09. The Morgan fingerprint density at radius 2 is 2.24 bits per heavy atom. The number of thiophene rings is 1. The van der Waals surface area contributed by atoms with Crippen LogP contribution in [0, 0.1) is 6.92 Å². The fourth-order valence-electron chi connectivity index (χ4n) is 1.37. The molecule has 2 aromatic heterocycles. The molecule has 2 aromatic rings. The fraction of sp³-hybridized carbons (Fsp3) is 0.222.